The molecule has 2 aromatic heterocycles. The lowest BCUT2D eigenvalue weighted by molar-refractivity contribution is -0.125. The quantitative estimate of drug-likeness (QED) is 0.0151. The highest BCUT2D eigenvalue weighted by Crippen LogP contribution is 2.39. The van der Waals surface area contributed by atoms with E-state index in [9.17, 15) is 33.9 Å². The van der Waals surface area contributed by atoms with Crippen LogP contribution in [0.2, 0.25) is 0 Å². The molecule has 0 spiro atoms. The van der Waals surface area contributed by atoms with Gasteiger partial charge >= 0.3 is 11.9 Å². The maximum absolute atomic E-state index is 13.3. The number of aromatic amines is 1. The van der Waals surface area contributed by atoms with Crippen LogP contribution in [0, 0.1) is 11.8 Å². The zero-order valence-electron chi connectivity index (χ0n) is 37.4. The molecule has 2 unspecified atom stereocenters. The number of hydrogen-bond acceptors (Lipinski definition) is 19. The summed E-state index contributed by atoms with van der Waals surface area (Å²) in [6.45, 7) is 4.32. The molecule has 23 heteroatoms. The molecule has 19 nitrogen and oxygen atoms in total. The van der Waals surface area contributed by atoms with Gasteiger partial charge in [-0.25, -0.2) is 9.59 Å². The largest absolute Gasteiger partial charge is 0.460 e. The molecule has 4 aromatic rings. The van der Waals surface area contributed by atoms with Crippen molar-refractivity contribution < 1.29 is 52.8 Å². The second kappa shape index (κ2) is 29.0. The van der Waals surface area contributed by atoms with Gasteiger partial charge in [-0.15, -0.1) is 0 Å². The van der Waals surface area contributed by atoms with Crippen molar-refractivity contribution >= 4 is 95.9 Å². The number of nitrogen functional groups attached to an aromatic ring is 1. The fourth-order valence-corrected chi connectivity index (χ4v) is 9.92. The number of anilines is 2. The number of amides is 2. The van der Waals surface area contributed by atoms with Gasteiger partial charge in [-0.1, -0.05) is 73.2 Å². The minimum absolute atomic E-state index is 0.00543. The number of esters is 2. The van der Waals surface area contributed by atoms with Gasteiger partial charge in [0.15, 0.2) is 5.65 Å². The van der Waals surface area contributed by atoms with E-state index in [1.54, 1.807) is 51.9 Å². The van der Waals surface area contributed by atoms with E-state index in [4.69, 9.17) is 35.2 Å². The summed E-state index contributed by atoms with van der Waals surface area (Å²) in [4.78, 5) is 82.7. The lowest BCUT2D eigenvalue weighted by atomic mass is 10.0. The van der Waals surface area contributed by atoms with E-state index in [0.717, 1.165) is 5.56 Å². The standard InChI is InChI=1S/C44H55N7O12S4/c1-27(66-64-3)32-9-5-6-10-33(32)43(58)63-31(13-16-52)23-38(55)51-24-29(39-40(51)49-44(46)50-41(39)56)8-7-15-47-36(53)25-61-20-21-62-42(57)34-12-11-30(22-35(34)28(2)67-65-4)48-37(54)26-60-19-18-59-17-14-45/h5-6,9-12,16,22,24,27-28,31,38,55H,13-15,17-21,23,25-26,45H2,1-4H3,(H,47,53)(H,48,54)(H3,46,49,50,56)/t27?,28?,31-,38+/m0/s1. The first-order chi connectivity index (χ1) is 32.3. The van der Waals surface area contributed by atoms with Crippen LogP contribution in [0.4, 0.5) is 11.6 Å². The molecule has 4 rings (SSSR count). The van der Waals surface area contributed by atoms with E-state index in [2.05, 4.69) is 32.4 Å². The monoisotopic (exact) mass is 1000 g/mol. The van der Waals surface area contributed by atoms with Gasteiger partial charge in [0.05, 0.1) is 55.0 Å². The molecule has 2 aromatic carbocycles. The predicted molar refractivity (Wildman–Crippen MR) is 263 cm³/mol. The number of carbonyl (C=O) groups excluding carboxylic acids is 5. The zero-order valence-corrected chi connectivity index (χ0v) is 40.7. The summed E-state index contributed by atoms with van der Waals surface area (Å²) in [7, 11) is 6.19. The molecule has 2 amide bonds. The smallest absolute Gasteiger partial charge is 0.338 e. The second-order valence-electron chi connectivity index (χ2n) is 14.2. The Morgan fingerprint density at radius 1 is 0.910 bits per heavy atom. The molecule has 2 heterocycles. The number of benzene rings is 2. The first-order valence-electron chi connectivity index (χ1n) is 20.8. The number of fused-ring (bicyclic) bond motifs is 1. The maximum atomic E-state index is 13.3. The second-order valence-corrected chi connectivity index (χ2v) is 19.8. The highest BCUT2D eigenvalue weighted by molar-refractivity contribution is 8.76. The Hall–Kier alpha value is -5.03. The van der Waals surface area contributed by atoms with Crippen LogP contribution in [-0.2, 0) is 38.1 Å². The Kier molecular flexibility index (Phi) is 23.6. The van der Waals surface area contributed by atoms with Crippen LogP contribution >= 0.6 is 43.2 Å². The van der Waals surface area contributed by atoms with Gasteiger partial charge < -0.3 is 60.3 Å². The van der Waals surface area contributed by atoms with Crippen molar-refractivity contribution in [3.05, 3.63) is 86.8 Å². The Bertz CT molecular complexity index is 2430. The highest BCUT2D eigenvalue weighted by Gasteiger charge is 2.26. The number of nitrogens with two attached hydrogens (primary N) is 2. The van der Waals surface area contributed by atoms with Crippen molar-refractivity contribution in [3.8, 4) is 11.8 Å². The molecule has 0 aliphatic carbocycles. The Labute approximate surface area is 403 Å². The summed E-state index contributed by atoms with van der Waals surface area (Å²) in [6, 6.07) is 11.9. The van der Waals surface area contributed by atoms with Crippen molar-refractivity contribution in [3.63, 3.8) is 0 Å². The molecule has 8 N–H and O–H groups in total. The minimum Gasteiger partial charge on any atom is -0.460 e. The Morgan fingerprint density at radius 3 is 2.30 bits per heavy atom. The SMILES string of the molecule is CSSC(C)c1cc(NC(=O)COCCOCCN)ccc1C(=O)OCCOCC(=O)NCC#Cc1cn([C@H](O)C[C@H](CC=O)OC(=O)c2ccccc2C(C)SSC)c2nc(N)[nH]c(=O)c12. The third-order valence-corrected chi connectivity index (χ3v) is 13.7. The number of ether oxygens (including phenoxy) is 5. The van der Waals surface area contributed by atoms with E-state index in [0.29, 0.717) is 48.4 Å². The summed E-state index contributed by atoms with van der Waals surface area (Å²) in [5.41, 5.74) is 13.3. The molecular formula is C44H55N7O12S4. The lowest BCUT2D eigenvalue weighted by Crippen LogP contribution is -2.28. The van der Waals surface area contributed by atoms with Crippen molar-refractivity contribution in [2.45, 2.75) is 49.5 Å². The summed E-state index contributed by atoms with van der Waals surface area (Å²) < 4.78 is 28.4. The van der Waals surface area contributed by atoms with Crippen LogP contribution in [0.3, 0.4) is 0 Å². The van der Waals surface area contributed by atoms with Gasteiger partial charge in [-0.05, 0) is 61.8 Å². The number of nitrogens with zero attached hydrogens (tertiary/aromatic N) is 2. The normalized spacial score (nSPS) is 12.9. The molecular weight excluding hydrogens is 947 g/mol. The summed E-state index contributed by atoms with van der Waals surface area (Å²) in [5, 5.41) is 16.6. The first kappa shape index (κ1) is 54.6. The number of aldehydes is 1. The molecule has 0 saturated heterocycles. The van der Waals surface area contributed by atoms with Crippen LogP contribution in [0.25, 0.3) is 11.0 Å². The highest BCUT2D eigenvalue weighted by atomic mass is 33.1. The molecule has 362 valence electrons. The summed E-state index contributed by atoms with van der Waals surface area (Å²) >= 11 is 0. The number of aromatic nitrogens is 3. The molecule has 0 aliphatic rings. The average molecular weight is 1000 g/mol. The van der Waals surface area contributed by atoms with Crippen molar-refractivity contribution in [1.82, 2.24) is 19.9 Å². The van der Waals surface area contributed by atoms with E-state index in [-0.39, 0.29) is 91.4 Å². The fourth-order valence-electron chi connectivity index (χ4n) is 6.38. The van der Waals surface area contributed by atoms with E-state index >= 15 is 0 Å². The van der Waals surface area contributed by atoms with E-state index < -0.39 is 35.7 Å². The Morgan fingerprint density at radius 2 is 1.58 bits per heavy atom. The first-order valence-corrected chi connectivity index (χ1v) is 26.1. The average Bonchev–Trinajstić information content (AvgIpc) is 3.67. The number of aliphatic hydroxyl groups excluding tert-OH is 1. The minimum atomic E-state index is -1.43. The topological polar surface area (TPSA) is 279 Å². The number of hydrogen-bond donors (Lipinski definition) is 6. The van der Waals surface area contributed by atoms with Gasteiger partial charge in [0.1, 0.15) is 38.4 Å². The van der Waals surface area contributed by atoms with Crippen LogP contribution < -0.4 is 27.7 Å². The number of nitrogens with one attached hydrogen (secondary N) is 3. The molecule has 0 fully saturated rings. The zero-order chi connectivity index (χ0) is 48.7. The summed E-state index contributed by atoms with van der Waals surface area (Å²) in [6.07, 6.45) is 2.89. The number of aliphatic hydroxyl groups is 1. The van der Waals surface area contributed by atoms with Crippen LogP contribution in [0.1, 0.15) is 80.8 Å². The number of rotatable bonds is 28. The van der Waals surface area contributed by atoms with Gasteiger partial charge in [0.2, 0.25) is 17.8 Å². The van der Waals surface area contributed by atoms with Gasteiger partial charge in [0.25, 0.3) is 5.56 Å². The predicted octanol–water partition coefficient (Wildman–Crippen LogP) is 4.42. The van der Waals surface area contributed by atoms with Crippen LogP contribution in [-0.4, -0.2) is 128 Å². The van der Waals surface area contributed by atoms with Crippen LogP contribution in [0.15, 0.2) is 53.5 Å². The fraction of sp³-hybridized carbons (Fsp3) is 0.432. The molecule has 67 heavy (non-hydrogen) atoms. The third-order valence-electron chi connectivity index (χ3n) is 9.38. The van der Waals surface area contributed by atoms with Gasteiger partial charge in [0, 0.05) is 41.8 Å². The van der Waals surface area contributed by atoms with Gasteiger partial charge in [-0.2, -0.15) is 4.98 Å². The molecule has 0 radical (unpaired) electrons. The van der Waals surface area contributed by atoms with Crippen molar-refractivity contribution in [1.29, 1.82) is 0 Å². The number of carbonyl (C=O) groups is 5. The molecule has 0 aliphatic heterocycles. The molecule has 0 bridgehead atoms. The van der Waals surface area contributed by atoms with Crippen molar-refractivity contribution in [2.24, 2.45) is 5.73 Å². The summed E-state index contributed by atoms with van der Waals surface area (Å²) in [5.74, 6) is 3.21. The number of H-pyrrole nitrogens is 1. The van der Waals surface area contributed by atoms with Gasteiger partial charge in [-0.3, -0.25) is 19.4 Å². The van der Waals surface area contributed by atoms with Crippen molar-refractivity contribution in [2.75, 3.05) is 82.9 Å². The maximum Gasteiger partial charge on any atom is 0.338 e. The van der Waals surface area contributed by atoms with Crippen LogP contribution in [0.5, 0.6) is 0 Å². The van der Waals surface area contributed by atoms with E-state index in [1.165, 1.54) is 32.4 Å². The van der Waals surface area contributed by atoms with E-state index in [1.807, 2.05) is 38.5 Å². The lowest BCUT2D eigenvalue weighted by Gasteiger charge is -2.22. The third kappa shape index (κ3) is 17.2. The molecule has 4 atom stereocenters. The Balaban J connectivity index is 1.30. The molecule has 0 saturated carbocycles.